The van der Waals surface area contributed by atoms with Crippen LogP contribution >= 0.6 is 11.6 Å². The summed E-state index contributed by atoms with van der Waals surface area (Å²) in [6.07, 6.45) is -0.820. The summed E-state index contributed by atoms with van der Waals surface area (Å²) >= 11 is 5.86. The van der Waals surface area contributed by atoms with E-state index in [2.05, 4.69) is 16.2 Å². The molecule has 0 fully saturated rings. The summed E-state index contributed by atoms with van der Waals surface area (Å²) < 4.78 is 10.8. The summed E-state index contributed by atoms with van der Waals surface area (Å²) in [5.41, 5.74) is 5.11. The molecule has 26 heavy (non-hydrogen) atoms. The topological polar surface area (TPSA) is 88.7 Å². The van der Waals surface area contributed by atoms with Gasteiger partial charge in [-0.05, 0) is 56.3 Å². The third kappa shape index (κ3) is 6.18. The van der Waals surface area contributed by atoms with Gasteiger partial charge in [-0.15, -0.1) is 0 Å². The van der Waals surface area contributed by atoms with E-state index in [0.717, 1.165) is 0 Å². The van der Waals surface area contributed by atoms with E-state index in [4.69, 9.17) is 21.1 Å². The van der Waals surface area contributed by atoms with E-state index >= 15 is 0 Å². The van der Waals surface area contributed by atoms with Gasteiger partial charge >= 0.3 is 6.03 Å². The van der Waals surface area contributed by atoms with Crippen LogP contribution in [0.3, 0.4) is 0 Å². The molecule has 0 saturated carbocycles. The van der Waals surface area contributed by atoms with E-state index in [1.165, 1.54) is 0 Å². The zero-order valence-electron chi connectivity index (χ0n) is 14.4. The largest absolute Gasteiger partial charge is 0.494 e. The number of halogens is 1. The van der Waals surface area contributed by atoms with Crippen molar-refractivity contribution in [3.8, 4) is 11.5 Å². The molecule has 0 heterocycles. The summed E-state index contributed by atoms with van der Waals surface area (Å²) in [6.45, 7) is 4.01. The first kappa shape index (κ1) is 19.4. The summed E-state index contributed by atoms with van der Waals surface area (Å²) in [5, 5.41) is 3.09. The summed E-state index contributed by atoms with van der Waals surface area (Å²) in [6, 6.07) is 13.0. The standard InChI is InChI=1S/C18H20ClN3O4/c1-3-25-15-9-7-14(8-10-15)20-18(24)22-21-17(23)12(2)26-16-6-4-5-13(19)11-16/h4-12H,3H2,1-2H3,(H,21,23)(H2,20,22,24)/t12-/m0/s1. The summed E-state index contributed by atoms with van der Waals surface area (Å²) in [4.78, 5) is 23.8. The number of anilines is 1. The van der Waals surface area contributed by atoms with E-state index in [9.17, 15) is 9.59 Å². The molecule has 0 aliphatic rings. The molecule has 138 valence electrons. The van der Waals surface area contributed by atoms with Crippen LogP contribution in [0.5, 0.6) is 11.5 Å². The lowest BCUT2D eigenvalue weighted by Gasteiger charge is -2.15. The molecule has 2 rings (SSSR count). The summed E-state index contributed by atoms with van der Waals surface area (Å²) in [5.74, 6) is 0.657. The first-order chi connectivity index (χ1) is 12.5. The Labute approximate surface area is 156 Å². The minimum atomic E-state index is -0.820. The third-order valence-electron chi connectivity index (χ3n) is 3.20. The van der Waals surface area contributed by atoms with Crippen molar-refractivity contribution in [1.82, 2.24) is 10.9 Å². The van der Waals surface area contributed by atoms with Crippen LogP contribution in [0.4, 0.5) is 10.5 Å². The van der Waals surface area contributed by atoms with Gasteiger partial charge in [-0.25, -0.2) is 10.2 Å². The monoisotopic (exact) mass is 377 g/mol. The minimum Gasteiger partial charge on any atom is -0.494 e. The van der Waals surface area contributed by atoms with Crippen LogP contribution in [0.2, 0.25) is 5.02 Å². The first-order valence-corrected chi connectivity index (χ1v) is 8.37. The van der Waals surface area contributed by atoms with Crippen molar-refractivity contribution in [1.29, 1.82) is 0 Å². The average molecular weight is 378 g/mol. The van der Waals surface area contributed by atoms with Crippen LogP contribution in [-0.2, 0) is 4.79 Å². The van der Waals surface area contributed by atoms with Crippen LogP contribution in [0.25, 0.3) is 0 Å². The van der Waals surface area contributed by atoms with E-state index in [-0.39, 0.29) is 0 Å². The highest BCUT2D eigenvalue weighted by atomic mass is 35.5. The molecular formula is C18H20ClN3O4. The third-order valence-corrected chi connectivity index (χ3v) is 3.44. The predicted octanol–water partition coefficient (Wildman–Crippen LogP) is 3.36. The van der Waals surface area contributed by atoms with Crippen molar-refractivity contribution in [3.63, 3.8) is 0 Å². The first-order valence-electron chi connectivity index (χ1n) is 8.00. The number of ether oxygens (including phenoxy) is 2. The SMILES string of the molecule is CCOc1ccc(NC(=O)NNC(=O)[C@H](C)Oc2cccc(Cl)c2)cc1. The Morgan fingerprint density at radius 1 is 1.08 bits per heavy atom. The van der Waals surface area contributed by atoms with Crippen molar-refractivity contribution in [3.05, 3.63) is 53.6 Å². The molecule has 0 aromatic heterocycles. The van der Waals surface area contributed by atoms with Gasteiger partial charge in [0.1, 0.15) is 11.5 Å². The zero-order valence-corrected chi connectivity index (χ0v) is 15.2. The fourth-order valence-electron chi connectivity index (χ4n) is 1.98. The number of benzene rings is 2. The number of hydrogen-bond acceptors (Lipinski definition) is 4. The Balaban J connectivity index is 1.77. The van der Waals surface area contributed by atoms with Gasteiger partial charge in [-0.3, -0.25) is 10.2 Å². The highest BCUT2D eigenvalue weighted by Crippen LogP contribution is 2.18. The Morgan fingerprint density at radius 3 is 2.46 bits per heavy atom. The molecule has 1 atom stereocenters. The molecule has 0 saturated heterocycles. The molecule has 0 bridgehead atoms. The van der Waals surface area contributed by atoms with Crippen molar-refractivity contribution in [2.45, 2.75) is 20.0 Å². The van der Waals surface area contributed by atoms with Crippen LogP contribution in [-0.4, -0.2) is 24.6 Å². The van der Waals surface area contributed by atoms with Crippen LogP contribution in [0, 0.1) is 0 Å². The number of carbonyl (C=O) groups is 2. The molecule has 0 aliphatic heterocycles. The lowest BCUT2D eigenvalue weighted by Crippen LogP contribution is -2.48. The number of nitrogens with one attached hydrogen (secondary N) is 3. The van der Waals surface area contributed by atoms with Crippen LogP contribution < -0.4 is 25.6 Å². The lowest BCUT2D eigenvalue weighted by molar-refractivity contribution is -0.127. The van der Waals surface area contributed by atoms with E-state index in [1.54, 1.807) is 55.5 Å². The second-order valence-corrected chi connectivity index (χ2v) is 5.68. The van der Waals surface area contributed by atoms with Gasteiger partial charge in [0.15, 0.2) is 6.10 Å². The average Bonchev–Trinajstić information content (AvgIpc) is 2.61. The van der Waals surface area contributed by atoms with Crippen LogP contribution in [0.15, 0.2) is 48.5 Å². The fourth-order valence-corrected chi connectivity index (χ4v) is 2.16. The molecule has 2 aromatic rings. The smallest absolute Gasteiger partial charge is 0.337 e. The molecule has 0 aliphatic carbocycles. The maximum atomic E-state index is 12.0. The summed E-state index contributed by atoms with van der Waals surface area (Å²) in [7, 11) is 0. The van der Waals surface area contributed by atoms with Gasteiger partial charge in [0.05, 0.1) is 6.61 Å². The van der Waals surface area contributed by atoms with Gasteiger partial charge in [0.2, 0.25) is 0 Å². The van der Waals surface area contributed by atoms with E-state index in [1.807, 2.05) is 6.92 Å². The number of carbonyl (C=O) groups excluding carboxylic acids is 2. The molecule has 0 unspecified atom stereocenters. The second-order valence-electron chi connectivity index (χ2n) is 5.24. The van der Waals surface area contributed by atoms with Crippen molar-refractivity contribution in [2.24, 2.45) is 0 Å². The number of urea groups is 1. The lowest BCUT2D eigenvalue weighted by atomic mass is 10.3. The molecule has 7 nitrogen and oxygen atoms in total. The van der Waals surface area contributed by atoms with Gasteiger partial charge in [-0.1, -0.05) is 17.7 Å². The molecule has 3 N–H and O–H groups in total. The highest BCUT2D eigenvalue weighted by molar-refractivity contribution is 6.30. The normalized spacial score (nSPS) is 11.2. The Kier molecular flexibility index (Phi) is 7.11. The fraction of sp³-hybridized carbons (Fsp3) is 0.222. The quantitative estimate of drug-likeness (QED) is 0.673. The van der Waals surface area contributed by atoms with Gasteiger partial charge < -0.3 is 14.8 Å². The molecule has 0 radical (unpaired) electrons. The number of hydrazine groups is 1. The van der Waals surface area contributed by atoms with E-state index in [0.29, 0.717) is 28.8 Å². The second kappa shape index (κ2) is 9.53. The Hall–Kier alpha value is -2.93. The number of rotatable bonds is 6. The maximum absolute atomic E-state index is 12.0. The molecule has 2 aromatic carbocycles. The maximum Gasteiger partial charge on any atom is 0.337 e. The number of hydrogen-bond donors (Lipinski definition) is 3. The van der Waals surface area contributed by atoms with E-state index < -0.39 is 18.0 Å². The van der Waals surface area contributed by atoms with Gasteiger partial charge in [0.25, 0.3) is 5.91 Å². The van der Waals surface area contributed by atoms with Gasteiger partial charge in [-0.2, -0.15) is 0 Å². The highest BCUT2D eigenvalue weighted by Gasteiger charge is 2.15. The number of amides is 3. The Bertz CT molecular complexity index is 752. The van der Waals surface area contributed by atoms with Crippen LogP contribution in [0.1, 0.15) is 13.8 Å². The minimum absolute atomic E-state index is 0.457. The van der Waals surface area contributed by atoms with Crippen molar-refractivity contribution in [2.75, 3.05) is 11.9 Å². The molecular weight excluding hydrogens is 358 g/mol. The van der Waals surface area contributed by atoms with Crippen molar-refractivity contribution < 1.29 is 19.1 Å². The zero-order chi connectivity index (χ0) is 18.9. The molecule has 8 heteroatoms. The van der Waals surface area contributed by atoms with Gasteiger partial charge in [0, 0.05) is 10.7 Å². The van der Waals surface area contributed by atoms with Crippen molar-refractivity contribution >= 4 is 29.2 Å². The predicted molar refractivity (Wildman–Crippen MR) is 99.5 cm³/mol. The Morgan fingerprint density at radius 2 is 1.81 bits per heavy atom. The molecule has 3 amide bonds. The molecule has 0 spiro atoms.